The Balaban J connectivity index is 0.00000128. The van der Waals surface area contributed by atoms with Crippen molar-refractivity contribution >= 4 is 29.9 Å². The van der Waals surface area contributed by atoms with Crippen LogP contribution in [0.3, 0.4) is 0 Å². The molecule has 16 heavy (non-hydrogen) atoms. The molecule has 2 aliphatic rings. The molecule has 0 spiro atoms. The lowest BCUT2D eigenvalue weighted by Gasteiger charge is -2.21. The number of hydrogen-bond donors (Lipinski definition) is 1. The van der Waals surface area contributed by atoms with E-state index in [1.54, 1.807) is 0 Å². The van der Waals surface area contributed by atoms with E-state index in [1.807, 2.05) is 0 Å². The number of halogens is 1. The molecule has 94 valence electrons. The number of likely N-dealkylation sites (N-methyl/N-ethyl adjacent to an activating group) is 1. The van der Waals surface area contributed by atoms with Gasteiger partial charge in [0.1, 0.15) is 0 Å². The maximum atomic E-state index is 4.46. The van der Waals surface area contributed by atoms with E-state index in [9.17, 15) is 0 Å². The number of aliphatic imine (C=N–C) groups is 1. The van der Waals surface area contributed by atoms with Gasteiger partial charge in [0, 0.05) is 20.1 Å². The van der Waals surface area contributed by atoms with E-state index in [1.165, 1.54) is 19.3 Å². The van der Waals surface area contributed by atoms with E-state index in [4.69, 9.17) is 0 Å². The summed E-state index contributed by atoms with van der Waals surface area (Å²) in [6, 6.07) is 0. The molecule has 0 amide bonds. The molecule has 0 radical (unpaired) electrons. The Hall–Kier alpha value is 0. The minimum absolute atomic E-state index is 0. The van der Waals surface area contributed by atoms with Gasteiger partial charge in [-0.05, 0) is 30.6 Å². The fourth-order valence-corrected chi connectivity index (χ4v) is 2.49. The molecule has 1 fully saturated rings. The molecule has 4 heteroatoms. The van der Waals surface area contributed by atoms with Gasteiger partial charge in [0.15, 0.2) is 5.96 Å². The van der Waals surface area contributed by atoms with Crippen molar-refractivity contribution in [3.63, 3.8) is 0 Å². The van der Waals surface area contributed by atoms with E-state index in [0.717, 1.165) is 31.5 Å². The summed E-state index contributed by atoms with van der Waals surface area (Å²) in [6.45, 7) is 7.78. The van der Waals surface area contributed by atoms with Gasteiger partial charge in [0.25, 0.3) is 0 Å². The van der Waals surface area contributed by atoms with Crippen LogP contribution < -0.4 is 5.32 Å². The van der Waals surface area contributed by atoms with E-state index < -0.39 is 0 Å². The molecule has 1 saturated carbocycles. The molecule has 1 aliphatic heterocycles. The van der Waals surface area contributed by atoms with Crippen molar-refractivity contribution in [1.82, 2.24) is 10.2 Å². The van der Waals surface area contributed by atoms with Crippen LogP contribution in [0.5, 0.6) is 0 Å². The molecule has 0 aromatic carbocycles. The third kappa shape index (κ3) is 3.50. The normalized spacial score (nSPS) is 21.8. The Morgan fingerprint density at radius 3 is 2.56 bits per heavy atom. The summed E-state index contributed by atoms with van der Waals surface area (Å²) in [5.41, 5.74) is 0.597. The van der Waals surface area contributed by atoms with Crippen LogP contribution in [0.15, 0.2) is 4.99 Å². The van der Waals surface area contributed by atoms with Crippen LogP contribution in [0.4, 0.5) is 0 Å². The van der Waals surface area contributed by atoms with Gasteiger partial charge in [-0.1, -0.05) is 13.8 Å². The number of nitrogens with zero attached hydrogens (tertiary/aromatic N) is 2. The third-order valence-electron chi connectivity index (χ3n) is 3.48. The Morgan fingerprint density at radius 1 is 1.44 bits per heavy atom. The molecule has 0 aromatic heterocycles. The fourth-order valence-electron chi connectivity index (χ4n) is 2.49. The average molecular weight is 337 g/mol. The summed E-state index contributed by atoms with van der Waals surface area (Å²) in [7, 11) is 2.11. The Kier molecular flexibility index (Phi) is 4.88. The largest absolute Gasteiger partial charge is 0.356 e. The maximum absolute atomic E-state index is 4.46. The van der Waals surface area contributed by atoms with Crippen LogP contribution >= 0.6 is 24.0 Å². The van der Waals surface area contributed by atoms with Gasteiger partial charge in [-0.15, -0.1) is 24.0 Å². The zero-order valence-electron chi connectivity index (χ0n) is 10.6. The SMILES string of the molecule is CC(C)CC1(CNC2=NCCN2C)CC1.I. The van der Waals surface area contributed by atoms with Crippen molar-refractivity contribution in [1.29, 1.82) is 0 Å². The predicted molar refractivity (Wildman–Crippen MR) is 79.5 cm³/mol. The molecule has 1 N–H and O–H groups in total. The van der Waals surface area contributed by atoms with Gasteiger partial charge in [-0.2, -0.15) is 0 Å². The maximum Gasteiger partial charge on any atom is 0.193 e. The predicted octanol–water partition coefficient (Wildman–Crippen LogP) is 2.32. The van der Waals surface area contributed by atoms with Crippen LogP contribution in [0, 0.1) is 11.3 Å². The number of guanidine groups is 1. The smallest absolute Gasteiger partial charge is 0.193 e. The summed E-state index contributed by atoms with van der Waals surface area (Å²) in [5.74, 6) is 1.92. The van der Waals surface area contributed by atoms with Crippen molar-refractivity contribution in [2.24, 2.45) is 16.3 Å². The third-order valence-corrected chi connectivity index (χ3v) is 3.48. The first-order chi connectivity index (χ1) is 7.11. The zero-order chi connectivity index (χ0) is 10.9. The molecule has 0 unspecified atom stereocenters. The minimum atomic E-state index is 0. The second-order valence-electron chi connectivity index (χ2n) is 5.58. The Labute approximate surface area is 116 Å². The molecule has 0 aromatic rings. The molecule has 2 rings (SSSR count). The van der Waals surface area contributed by atoms with Crippen molar-refractivity contribution in [3.8, 4) is 0 Å². The highest BCUT2D eigenvalue weighted by molar-refractivity contribution is 14.0. The van der Waals surface area contributed by atoms with Gasteiger partial charge < -0.3 is 10.2 Å². The topological polar surface area (TPSA) is 27.6 Å². The number of rotatable bonds is 4. The van der Waals surface area contributed by atoms with Crippen molar-refractivity contribution in [2.45, 2.75) is 33.1 Å². The molecular formula is C12H24IN3. The van der Waals surface area contributed by atoms with E-state index in [-0.39, 0.29) is 24.0 Å². The van der Waals surface area contributed by atoms with Crippen LogP contribution in [-0.4, -0.2) is 37.5 Å². The van der Waals surface area contributed by atoms with Gasteiger partial charge in [-0.25, -0.2) is 0 Å². The molecular weight excluding hydrogens is 313 g/mol. The average Bonchev–Trinajstić information content (AvgIpc) is 2.78. The van der Waals surface area contributed by atoms with Crippen LogP contribution in [0.25, 0.3) is 0 Å². The molecule has 0 saturated heterocycles. The summed E-state index contributed by atoms with van der Waals surface area (Å²) < 4.78 is 0. The monoisotopic (exact) mass is 337 g/mol. The van der Waals surface area contributed by atoms with Crippen LogP contribution in [-0.2, 0) is 0 Å². The lowest BCUT2D eigenvalue weighted by atomic mass is 9.94. The van der Waals surface area contributed by atoms with Gasteiger partial charge >= 0.3 is 0 Å². The van der Waals surface area contributed by atoms with Gasteiger partial charge in [0.05, 0.1) is 6.54 Å². The Bertz CT molecular complexity index is 259. The quantitative estimate of drug-likeness (QED) is 0.798. The minimum Gasteiger partial charge on any atom is -0.356 e. The number of nitrogens with one attached hydrogen (secondary N) is 1. The Morgan fingerprint density at radius 2 is 2.12 bits per heavy atom. The highest BCUT2D eigenvalue weighted by Crippen LogP contribution is 2.50. The first-order valence-electron chi connectivity index (χ1n) is 6.11. The van der Waals surface area contributed by atoms with Crippen LogP contribution in [0.2, 0.25) is 0 Å². The summed E-state index contributed by atoms with van der Waals surface area (Å²) in [6.07, 6.45) is 4.15. The molecule has 0 atom stereocenters. The summed E-state index contributed by atoms with van der Waals surface area (Å²) >= 11 is 0. The number of hydrogen-bond acceptors (Lipinski definition) is 3. The lowest BCUT2D eigenvalue weighted by Crippen LogP contribution is -2.39. The van der Waals surface area contributed by atoms with E-state index >= 15 is 0 Å². The molecule has 1 aliphatic carbocycles. The fraction of sp³-hybridized carbons (Fsp3) is 0.917. The van der Waals surface area contributed by atoms with E-state index in [2.05, 4.69) is 36.1 Å². The van der Waals surface area contributed by atoms with Crippen LogP contribution in [0.1, 0.15) is 33.1 Å². The summed E-state index contributed by atoms with van der Waals surface area (Å²) in [4.78, 5) is 6.67. The van der Waals surface area contributed by atoms with Gasteiger partial charge in [0.2, 0.25) is 0 Å². The second kappa shape index (κ2) is 5.56. The zero-order valence-corrected chi connectivity index (χ0v) is 13.0. The summed E-state index contributed by atoms with van der Waals surface area (Å²) in [5, 5.41) is 3.52. The first kappa shape index (κ1) is 14.1. The van der Waals surface area contributed by atoms with Crippen molar-refractivity contribution < 1.29 is 0 Å². The molecule has 0 bridgehead atoms. The first-order valence-corrected chi connectivity index (χ1v) is 6.11. The lowest BCUT2D eigenvalue weighted by molar-refractivity contribution is 0.380. The van der Waals surface area contributed by atoms with Crippen molar-refractivity contribution in [3.05, 3.63) is 0 Å². The van der Waals surface area contributed by atoms with Crippen molar-refractivity contribution in [2.75, 3.05) is 26.7 Å². The van der Waals surface area contributed by atoms with Gasteiger partial charge in [-0.3, -0.25) is 4.99 Å². The standard InChI is InChI=1S/C12H23N3.HI/c1-10(2)8-12(4-5-12)9-14-11-13-6-7-15(11)3;/h10H,4-9H2,1-3H3,(H,13,14);1H. The highest BCUT2D eigenvalue weighted by Gasteiger charge is 2.42. The van der Waals surface area contributed by atoms with E-state index in [0.29, 0.717) is 5.41 Å². The molecule has 3 nitrogen and oxygen atoms in total. The highest BCUT2D eigenvalue weighted by atomic mass is 127. The molecule has 1 heterocycles. The second-order valence-corrected chi connectivity index (χ2v) is 5.58.